The van der Waals surface area contributed by atoms with E-state index in [2.05, 4.69) is 21.8 Å². The third kappa shape index (κ3) is 3.89. The van der Waals surface area contributed by atoms with Crippen LogP contribution in [0.25, 0.3) is 22.6 Å². The zero-order valence-electron chi connectivity index (χ0n) is 15.0. The average Bonchev–Trinajstić information content (AvgIpc) is 3.22. The van der Waals surface area contributed by atoms with Crippen molar-refractivity contribution in [1.82, 2.24) is 14.9 Å². The van der Waals surface area contributed by atoms with E-state index < -0.39 is 11.6 Å². The van der Waals surface area contributed by atoms with Gasteiger partial charge in [0, 0.05) is 35.3 Å². The van der Waals surface area contributed by atoms with Gasteiger partial charge in [0.2, 0.25) is 0 Å². The van der Waals surface area contributed by atoms with Crippen LogP contribution in [0.4, 0.5) is 8.78 Å². The SMILES string of the molecule is CC1CCN(Cc2[nH]c(-c3ccc(Cl)cc3)nc2-c2ccc(F)cc2F)C1. The number of halogens is 3. The van der Waals surface area contributed by atoms with Crippen molar-refractivity contribution in [2.75, 3.05) is 13.1 Å². The maximum atomic E-state index is 14.4. The smallest absolute Gasteiger partial charge is 0.138 e. The lowest BCUT2D eigenvalue weighted by molar-refractivity contribution is 0.317. The van der Waals surface area contributed by atoms with Crippen molar-refractivity contribution < 1.29 is 8.78 Å². The Morgan fingerprint density at radius 2 is 1.96 bits per heavy atom. The minimum absolute atomic E-state index is 0.301. The predicted octanol–water partition coefficient (Wildman–Crippen LogP) is 5.52. The van der Waals surface area contributed by atoms with Gasteiger partial charge in [-0.1, -0.05) is 18.5 Å². The molecule has 1 fully saturated rings. The summed E-state index contributed by atoms with van der Waals surface area (Å²) >= 11 is 5.97. The number of imidazole rings is 1. The first-order chi connectivity index (χ1) is 13.0. The first-order valence-electron chi connectivity index (χ1n) is 9.02. The van der Waals surface area contributed by atoms with Crippen LogP contribution in [0.3, 0.4) is 0 Å². The molecule has 0 amide bonds. The van der Waals surface area contributed by atoms with E-state index in [-0.39, 0.29) is 0 Å². The van der Waals surface area contributed by atoms with Gasteiger partial charge in [-0.15, -0.1) is 0 Å². The van der Waals surface area contributed by atoms with Gasteiger partial charge in [0.25, 0.3) is 0 Å². The summed E-state index contributed by atoms with van der Waals surface area (Å²) in [5.74, 6) is 0.0853. The molecular formula is C21H20ClF2N3. The molecule has 1 aromatic heterocycles. The van der Waals surface area contributed by atoms with Gasteiger partial charge in [-0.25, -0.2) is 13.8 Å². The molecule has 0 bridgehead atoms. The molecule has 6 heteroatoms. The van der Waals surface area contributed by atoms with Crippen LogP contribution < -0.4 is 0 Å². The number of benzene rings is 2. The highest BCUT2D eigenvalue weighted by Gasteiger charge is 2.23. The Bertz CT molecular complexity index is 953. The predicted molar refractivity (Wildman–Crippen MR) is 103 cm³/mol. The van der Waals surface area contributed by atoms with Gasteiger partial charge in [0.15, 0.2) is 0 Å². The van der Waals surface area contributed by atoms with E-state index in [1.54, 1.807) is 12.1 Å². The van der Waals surface area contributed by atoms with E-state index in [9.17, 15) is 8.78 Å². The van der Waals surface area contributed by atoms with E-state index in [4.69, 9.17) is 11.6 Å². The number of nitrogens with one attached hydrogen (secondary N) is 1. The lowest BCUT2D eigenvalue weighted by Gasteiger charge is -2.15. The number of nitrogens with zero attached hydrogens (tertiary/aromatic N) is 2. The molecule has 2 heterocycles. The molecular weight excluding hydrogens is 368 g/mol. The van der Waals surface area contributed by atoms with E-state index in [0.717, 1.165) is 36.8 Å². The second-order valence-corrected chi connectivity index (χ2v) is 7.61. The molecule has 4 rings (SSSR count). The summed E-state index contributed by atoms with van der Waals surface area (Å²) in [6.45, 7) is 4.88. The fraction of sp³-hybridized carbons (Fsp3) is 0.286. The molecule has 140 valence electrons. The Labute approximate surface area is 162 Å². The van der Waals surface area contributed by atoms with Gasteiger partial charge in [0.1, 0.15) is 17.5 Å². The Hall–Kier alpha value is -2.24. The lowest BCUT2D eigenvalue weighted by Crippen LogP contribution is -2.20. The van der Waals surface area contributed by atoms with Crippen LogP contribution in [-0.2, 0) is 6.54 Å². The molecule has 3 nitrogen and oxygen atoms in total. The van der Waals surface area contributed by atoms with Crippen LogP contribution in [0.15, 0.2) is 42.5 Å². The summed E-state index contributed by atoms with van der Waals surface area (Å²) in [4.78, 5) is 10.3. The lowest BCUT2D eigenvalue weighted by atomic mass is 10.1. The molecule has 3 aromatic rings. The molecule has 1 atom stereocenters. The zero-order chi connectivity index (χ0) is 19.0. The number of likely N-dealkylation sites (tertiary alicyclic amines) is 1. The monoisotopic (exact) mass is 387 g/mol. The number of aromatic nitrogens is 2. The zero-order valence-corrected chi connectivity index (χ0v) is 15.7. The molecule has 0 spiro atoms. The molecule has 0 saturated carbocycles. The van der Waals surface area contributed by atoms with Gasteiger partial charge in [0.05, 0.1) is 11.4 Å². The third-order valence-electron chi connectivity index (χ3n) is 4.97. The van der Waals surface area contributed by atoms with Gasteiger partial charge < -0.3 is 4.98 Å². The first kappa shape index (κ1) is 18.1. The number of hydrogen-bond donors (Lipinski definition) is 1. The van der Waals surface area contributed by atoms with E-state index >= 15 is 0 Å². The number of rotatable bonds is 4. The second-order valence-electron chi connectivity index (χ2n) is 7.17. The Kier molecular flexibility index (Phi) is 4.98. The molecule has 2 aromatic carbocycles. The minimum Gasteiger partial charge on any atom is -0.340 e. The second kappa shape index (κ2) is 7.41. The van der Waals surface area contributed by atoms with Crippen LogP contribution in [0, 0.1) is 17.6 Å². The Morgan fingerprint density at radius 3 is 2.63 bits per heavy atom. The first-order valence-corrected chi connectivity index (χ1v) is 9.40. The van der Waals surface area contributed by atoms with Crippen molar-refractivity contribution in [2.24, 2.45) is 5.92 Å². The fourth-order valence-corrected chi connectivity index (χ4v) is 3.69. The molecule has 0 radical (unpaired) electrons. The van der Waals surface area contributed by atoms with Crippen LogP contribution in [-0.4, -0.2) is 28.0 Å². The maximum Gasteiger partial charge on any atom is 0.138 e. The van der Waals surface area contributed by atoms with E-state index in [0.29, 0.717) is 34.6 Å². The highest BCUT2D eigenvalue weighted by atomic mass is 35.5. The van der Waals surface area contributed by atoms with Crippen molar-refractivity contribution in [1.29, 1.82) is 0 Å². The molecule has 1 aliphatic rings. The molecule has 1 unspecified atom stereocenters. The third-order valence-corrected chi connectivity index (χ3v) is 5.22. The van der Waals surface area contributed by atoms with Crippen LogP contribution in [0.5, 0.6) is 0 Å². The standard InChI is InChI=1S/C21H20ClF2N3/c1-13-8-9-27(11-13)12-19-20(17-7-6-16(23)10-18(17)24)26-21(25-19)14-2-4-15(22)5-3-14/h2-7,10,13H,8-9,11-12H2,1H3,(H,25,26). The molecule has 27 heavy (non-hydrogen) atoms. The number of aromatic amines is 1. The summed E-state index contributed by atoms with van der Waals surface area (Å²) < 4.78 is 27.8. The highest BCUT2D eigenvalue weighted by molar-refractivity contribution is 6.30. The summed E-state index contributed by atoms with van der Waals surface area (Å²) in [5.41, 5.74) is 2.52. The summed E-state index contributed by atoms with van der Waals surface area (Å²) in [7, 11) is 0. The Morgan fingerprint density at radius 1 is 1.19 bits per heavy atom. The van der Waals surface area contributed by atoms with Gasteiger partial charge in [-0.05, 0) is 55.3 Å². The van der Waals surface area contributed by atoms with Crippen molar-refractivity contribution in [3.05, 3.63) is 64.8 Å². The maximum absolute atomic E-state index is 14.4. The van der Waals surface area contributed by atoms with Crippen LogP contribution >= 0.6 is 11.6 Å². The average molecular weight is 388 g/mol. The van der Waals surface area contributed by atoms with E-state index in [1.165, 1.54) is 12.1 Å². The van der Waals surface area contributed by atoms with Crippen LogP contribution in [0.2, 0.25) is 5.02 Å². The van der Waals surface area contributed by atoms with Gasteiger partial charge in [-0.2, -0.15) is 0 Å². The minimum atomic E-state index is -0.611. The molecule has 1 saturated heterocycles. The summed E-state index contributed by atoms with van der Waals surface area (Å²) in [6.07, 6.45) is 1.15. The largest absolute Gasteiger partial charge is 0.340 e. The van der Waals surface area contributed by atoms with Crippen LogP contribution in [0.1, 0.15) is 19.0 Å². The normalized spacial score (nSPS) is 17.6. The molecule has 1 N–H and O–H groups in total. The van der Waals surface area contributed by atoms with E-state index in [1.807, 2.05) is 12.1 Å². The van der Waals surface area contributed by atoms with Gasteiger partial charge >= 0.3 is 0 Å². The van der Waals surface area contributed by atoms with Crippen molar-refractivity contribution >= 4 is 11.6 Å². The molecule has 1 aliphatic heterocycles. The Balaban J connectivity index is 1.75. The van der Waals surface area contributed by atoms with Crippen molar-refractivity contribution in [3.8, 4) is 22.6 Å². The van der Waals surface area contributed by atoms with Crippen molar-refractivity contribution in [3.63, 3.8) is 0 Å². The number of hydrogen-bond acceptors (Lipinski definition) is 2. The van der Waals surface area contributed by atoms with Crippen molar-refractivity contribution in [2.45, 2.75) is 19.9 Å². The summed E-state index contributed by atoms with van der Waals surface area (Å²) in [5, 5.41) is 0.640. The molecule has 0 aliphatic carbocycles. The quantitative estimate of drug-likeness (QED) is 0.639. The fourth-order valence-electron chi connectivity index (χ4n) is 3.57. The summed E-state index contributed by atoms with van der Waals surface area (Å²) in [6, 6.07) is 10.9. The highest BCUT2D eigenvalue weighted by Crippen LogP contribution is 2.30. The van der Waals surface area contributed by atoms with Gasteiger partial charge in [-0.3, -0.25) is 4.90 Å². The topological polar surface area (TPSA) is 31.9 Å². The number of H-pyrrole nitrogens is 1.